The molecular weight excluding hydrogens is 526 g/mol. The van der Waals surface area contributed by atoms with Gasteiger partial charge in [-0.15, -0.1) is 0 Å². The molecule has 1 aliphatic rings. The fourth-order valence-electron chi connectivity index (χ4n) is 4.61. The lowest BCUT2D eigenvalue weighted by atomic mass is 10.0. The molecule has 12 heteroatoms. The lowest BCUT2D eigenvalue weighted by Gasteiger charge is -2.25. The van der Waals surface area contributed by atoms with E-state index in [4.69, 9.17) is 11.5 Å². The summed E-state index contributed by atoms with van der Waals surface area (Å²) in [6.07, 6.45) is 2.34. The molecule has 0 radical (unpaired) electrons. The quantitative estimate of drug-likeness (QED) is 0.0875. The molecule has 1 fully saturated rings. The van der Waals surface area contributed by atoms with Crippen molar-refractivity contribution in [3.05, 3.63) is 71.8 Å². The maximum absolute atomic E-state index is 13.5. The summed E-state index contributed by atoms with van der Waals surface area (Å²) in [5, 5.41) is 21.0. The number of aliphatic carboxylic acids is 1. The molecule has 0 bridgehead atoms. The number of hydrogen-bond acceptors (Lipinski definition) is 6. The average Bonchev–Trinajstić information content (AvgIpc) is 3.50. The number of nitrogens with zero attached hydrogens (tertiary/aromatic N) is 1. The van der Waals surface area contributed by atoms with E-state index in [2.05, 4.69) is 26.3 Å². The van der Waals surface area contributed by atoms with Gasteiger partial charge in [0.1, 0.15) is 18.1 Å². The number of nitrogens with two attached hydrogens (primary N) is 2. The van der Waals surface area contributed by atoms with Crippen LogP contribution in [0, 0.1) is 0 Å². The van der Waals surface area contributed by atoms with Gasteiger partial charge in [0.25, 0.3) is 0 Å². The molecule has 2 aromatic rings. The van der Waals surface area contributed by atoms with Gasteiger partial charge in [0.2, 0.25) is 17.7 Å². The maximum atomic E-state index is 13.5. The number of carboxylic acid groups (broad SMARTS) is 1. The summed E-state index contributed by atoms with van der Waals surface area (Å²) in [4.78, 5) is 55.7. The zero-order valence-electron chi connectivity index (χ0n) is 22.9. The Morgan fingerprint density at radius 1 is 0.854 bits per heavy atom. The molecule has 9 N–H and O–H groups in total. The molecule has 2 aromatic carbocycles. The van der Waals surface area contributed by atoms with Crippen molar-refractivity contribution in [2.75, 3.05) is 13.1 Å². The number of benzene rings is 2. The van der Waals surface area contributed by atoms with E-state index in [9.17, 15) is 24.3 Å². The lowest BCUT2D eigenvalue weighted by molar-refractivity contribution is -0.142. The van der Waals surface area contributed by atoms with Crippen molar-refractivity contribution in [1.82, 2.24) is 21.3 Å². The van der Waals surface area contributed by atoms with Gasteiger partial charge in [-0.2, -0.15) is 0 Å². The van der Waals surface area contributed by atoms with Gasteiger partial charge in [-0.1, -0.05) is 60.7 Å². The van der Waals surface area contributed by atoms with Gasteiger partial charge in [-0.05, 0) is 43.4 Å². The van der Waals surface area contributed by atoms with Crippen LogP contribution in [0.3, 0.4) is 0 Å². The van der Waals surface area contributed by atoms with Gasteiger partial charge in [-0.3, -0.25) is 19.4 Å². The van der Waals surface area contributed by atoms with Crippen LogP contribution in [0.4, 0.5) is 0 Å². The fourth-order valence-corrected chi connectivity index (χ4v) is 4.61. The van der Waals surface area contributed by atoms with E-state index in [1.807, 2.05) is 36.4 Å². The SMILES string of the molecule is NC(N)=NCCCC(NC(=O)C1CCCN1)C(=O)NC(Cc1ccccc1)C(=O)NC(Cc1ccccc1)C(=O)O. The number of carbonyl (C=O) groups excluding carboxylic acids is 3. The van der Waals surface area contributed by atoms with Crippen LogP contribution in [0.2, 0.25) is 0 Å². The molecule has 220 valence electrons. The Morgan fingerprint density at radius 2 is 1.41 bits per heavy atom. The van der Waals surface area contributed by atoms with Crippen molar-refractivity contribution in [2.45, 2.75) is 62.7 Å². The third-order valence-electron chi connectivity index (χ3n) is 6.77. The van der Waals surface area contributed by atoms with Crippen LogP contribution >= 0.6 is 0 Å². The number of hydrogen-bond donors (Lipinski definition) is 7. The van der Waals surface area contributed by atoms with Crippen LogP contribution in [0.25, 0.3) is 0 Å². The molecule has 0 spiro atoms. The van der Waals surface area contributed by atoms with Crippen LogP contribution in [-0.4, -0.2) is 72.0 Å². The average molecular weight is 566 g/mol. The first-order chi connectivity index (χ1) is 19.7. The Hall–Kier alpha value is -4.45. The van der Waals surface area contributed by atoms with E-state index in [0.29, 0.717) is 19.4 Å². The number of carbonyl (C=O) groups is 4. The summed E-state index contributed by atoms with van der Waals surface area (Å²) < 4.78 is 0. The van der Waals surface area contributed by atoms with E-state index in [1.54, 1.807) is 24.3 Å². The standard InChI is InChI=1S/C29H39N7O5/c30-29(31)33-16-8-14-22(34-25(37)21-13-7-15-32-21)26(38)35-23(17-19-9-3-1-4-10-19)27(39)36-24(28(40)41)18-20-11-5-2-6-12-20/h1-6,9-12,21-24,32H,7-8,13-18H2,(H,34,37)(H,35,38)(H,36,39)(H,40,41)(H4,30,31,33). The summed E-state index contributed by atoms with van der Waals surface area (Å²) in [6.45, 7) is 0.976. The second kappa shape index (κ2) is 16.0. The first-order valence-electron chi connectivity index (χ1n) is 13.7. The Labute approximate surface area is 239 Å². The highest BCUT2D eigenvalue weighted by atomic mass is 16.4. The molecule has 12 nitrogen and oxygen atoms in total. The van der Waals surface area contributed by atoms with E-state index in [0.717, 1.165) is 17.5 Å². The van der Waals surface area contributed by atoms with Crippen LogP contribution < -0.4 is 32.7 Å². The van der Waals surface area contributed by atoms with Crippen molar-refractivity contribution in [2.24, 2.45) is 16.5 Å². The summed E-state index contributed by atoms with van der Waals surface area (Å²) in [5.41, 5.74) is 12.3. The fraction of sp³-hybridized carbons (Fsp3) is 0.414. The summed E-state index contributed by atoms with van der Waals surface area (Å²) in [6, 6.07) is 14.4. The highest BCUT2D eigenvalue weighted by Crippen LogP contribution is 2.10. The third-order valence-corrected chi connectivity index (χ3v) is 6.77. The number of carboxylic acids is 1. The molecule has 1 heterocycles. The van der Waals surface area contributed by atoms with Crippen molar-refractivity contribution in [3.8, 4) is 0 Å². The molecule has 1 aliphatic heterocycles. The Bertz CT molecular complexity index is 1180. The molecule has 3 amide bonds. The highest BCUT2D eigenvalue weighted by Gasteiger charge is 2.31. The predicted molar refractivity (Wildman–Crippen MR) is 155 cm³/mol. The third kappa shape index (κ3) is 10.6. The maximum Gasteiger partial charge on any atom is 0.326 e. The van der Waals surface area contributed by atoms with Crippen LogP contribution in [0.5, 0.6) is 0 Å². The van der Waals surface area contributed by atoms with Gasteiger partial charge < -0.3 is 37.8 Å². The molecule has 4 atom stereocenters. The van der Waals surface area contributed by atoms with Gasteiger partial charge >= 0.3 is 5.97 Å². The van der Waals surface area contributed by atoms with Crippen molar-refractivity contribution in [3.63, 3.8) is 0 Å². The largest absolute Gasteiger partial charge is 0.480 e. The minimum Gasteiger partial charge on any atom is -0.480 e. The zero-order valence-corrected chi connectivity index (χ0v) is 22.9. The Kier molecular flexibility index (Phi) is 12.1. The highest BCUT2D eigenvalue weighted by molar-refractivity contribution is 5.94. The number of rotatable bonds is 15. The second-order valence-electron chi connectivity index (χ2n) is 10.00. The van der Waals surface area contributed by atoms with Crippen molar-refractivity contribution in [1.29, 1.82) is 0 Å². The van der Waals surface area contributed by atoms with Crippen molar-refractivity contribution >= 4 is 29.7 Å². The minimum absolute atomic E-state index is 0.0752. The number of aliphatic imine (C=N–C) groups is 1. The normalized spacial score (nSPS) is 16.5. The summed E-state index contributed by atoms with van der Waals surface area (Å²) in [7, 11) is 0. The molecule has 0 saturated carbocycles. The molecule has 4 unspecified atom stereocenters. The number of guanidine groups is 1. The minimum atomic E-state index is -1.21. The smallest absolute Gasteiger partial charge is 0.326 e. The van der Waals surface area contributed by atoms with Crippen LogP contribution in [0.15, 0.2) is 65.7 Å². The number of amides is 3. The topological polar surface area (TPSA) is 201 Å². The molecule has 1 saturated heterocycles. The van der Waals surface area contributed by atoms with E-state index in [-0.39, 0.29) is 37.7 Å². The van der Waals surface area contributed by atoms with E-state index in [1.165, 1.54) is 0 Å². The van der Waals surface area contributed by atoms with Gasteiger partial charge in [0.15, 0.2) is 5.96 Å². The van der Waals surface area contributed by atoms with Gasteiger partial charge in [-0.25, -0.2) is 4.79 Å². The molecule has 0 aliphatic carbocycles. The first-order valence-corrected chi connectivity index (χ1v) is 13.7. The second-order valence-corrected chi connectivity index (χ2v) is 10.00. The molecule has 41 heavy (non-hydrogen) atoms. The lowest BCUT2D eigenvalue weighted by Crippen LogP contribution is -2.57. The summed E-state index contributed by atoms with van der Waals surface area (Å²) in [5.74, 6) is -2.78. The predicted octanol–water partition coefficient (Wildman–Crippen LogP) is -0.184. The first kappa shape index (κ1) is 31.1. The number of nitrogens with one attached hydrogen (secondary N) is 4. The van der Waals surface area contributed by atoms with E-state index >= 15 is 0 Å². The van der Waals surface area contributed by atoms with E-state index < -0.39 is 42.0 Å². The Morgan fingerprint density at radius 3 is 1.95 bits per heavy atom. The Balaban J connectivity index is 1.77. The molecule has 3 rings (SSSR count). The van der Waals surface area contributed by atoms with Gasteiger partial charge in [0, 0.05) is 19.4 Å². The van der Waals surface area contributed by atoms with Crippen LogP contribution in [0.1, 0.15) is 36.8 Å². The zero-order chi connectivity index (χ0) is 29.6. The molecule has 0 aromatic heterocycles. The summed E-state index contributed by atoms with van der Waals surface area (Å²) >= 11 is 0. The van der Waals surface area contributed by atoms with Crippen LogP contribution in [-0.2, 0) is 32.0 Å². The van der Waals surface area contributed by atoms with Crippen molar-refractivity contribution < 1.29 is 24.3 Å². The molecular formula is C29H39N7O5. The van der Waals surface area contributed by atoms with Gasteiger partial charge in [0.05, 0.1) is 6.04 Å². The monoisotopic (exact) mass is 565 g/mol.